The van der Waals surface area contributed by atoms with Crippen LogP contribution in [0.4, 0.5) is 0 Å². The Balaban J connectivity index is 3.03. The lowest BCUT2D eigenvalue weighted by Gasteiger charge is -2.00. The van der Waals surface area contributed by atoms with Crippen molar-refractivity contribution in [1.82, 2.24) is 10.6 Å². The Morgan fingerprint density at radius 2 is 1.36 bits per heavy atom. The monoisotopic (exact) mass is 162 g/mol. The minimum Gasteiger partial charge on any atom is -0.480 e. The molecule has 6 heteroatoms. The summed E-state index contributed by atoms with van der Waals surface area (Å²) in [5.74, 6) is -1.94. The van der Waals surface area contributed by atoms with Crippen molar-refractivity contribution in [3.63, 3.8) is 0 Å². The third-order valence-electron chi connectivity index (χ3n) is 0.802. The van der Waals surface area contributed by atoms with E-state index in [4.69, 9.17) is 10.2 Å². The van der Waals surface area contributed by atoms with E-state index in [0.29, 0.717) is 0 Å². The SMILES string of the molecule is O=C(O)CNCNCC(=O)O. The maximum atomic E-state index is 9.89. The van der Waals surface area contributed by atoms with Gasteiger partial charge in [0.2, 0.25) is 0 Å². The van der Waals surface area contributed by atoms with E-state index >= 15 is 0 Å². The van der Waals surface area contributed by atoms with Gasteiger partial charge in [-0.3, -0.25) is 20.2 Å². The highest BCUT2D eigenvalue weighted by Crippen LogP contribution is 1.60. The first-order chi connectivity index (χ1) is 5.13. The van der Waals surface area contributed by atoms with Gasteiger partial charge >= 0.3 is 11.9 Å². The van der Waals surface area contributed by atoms with Gasteiger partial charge in [-0.15, -0.1) is 0 Å². The molecular formula is C5H10N2O4. The van der Waals surface area contributed by atoms with Crippen LogP contribution < -0.4 is 10.6 Å². The summed E-state index contributed by atoms with van der Waals surface area (Å²) in [6.07, 6.45) is 0. The molecule has 64 valence electrons. The van der Waals surface area contributed by atoms with Gasteiger partial charge in [0, 0.05) is 6.67 Å². The average Bonchev–Trinajstić information content (AvgIpc) is 1.85. The Morgan fingerprint density at radius 1 is 1.00 bits per heavy atom. The number of carbonyl (C=O) groups is 2. The summed E-state index contributed by atoms with van der Waals surface area (Å²) < 4.78 is 0. The molecule has 0 rings (SSSR count). The number of carboxylic acid groups (broad SMARTS) is 2. The van der Waals surface area contributed by atoms with Crippen LogP contribution in [0, 0.1) is 0 Å². The molecule has 11 heavy (non-hydrogen) atoms. The molecule has 0 aliphatic heterocycles. The quantitative estimate of drug-likeness (QED) is 0.274. The topological polar surface area (TPSA) is 98.7 Å². The maximum Gasteiger partial charge on any atom is 0.317 e. The molecule has 0 aromatic heterocycles. The second-order valence-corrected chi connectivity index (χ2v) is 1.82. The average molecular weight is 162 g/mol. The van der Waals surface area contributed by atoms with Gasteiger partial charge in [0.25, 0.3) is 0 Å². The van der Waals surface area contributed by atoms with Gasteiger partial charge in [-0.2, -0.15) is 0 Å². The molecule has 0 unspecified atom stereocenters. The predicted molar refractivity (Wildman–Crippen MR) is 36.1 cm³/mol. The molecule has 0 saturated heterocycles. The van der Waals surface area contributed by atoms with Gasteiger partial charge in [0.1, 0.15) is 0 Å². The highest BCUT2D eigenvalue weighted by atomic mass is 16.4. The normalized spacial score (nSPS) is 9.45. The van der Waals surface area contributed by atoms with Crippen molar-refractivity contribution in [3.05, 3.63) is 0 Å². The molecule has 6 nitrogen and oxygen atoms in total. The first-order valence-electron chi connectivity index (χ1n) is 2.98. The summed E-state index contributed by atoms with van der Waals surface area (Å²) in [4.78, 5) is 19.8. The molecule has 0 saturated carbocycles. The van der Waals surface area contributed by atoms with Crippen molar-refractivity contribution in [2.45, 2.75) is 0 Å². The van der Waals surface area contributed by atoms with E-state index in [-0.39, 0.29) is 19.8 Å². The molecule has 0 spiro atoms. The Labute approximate surface area is 63.2 Å². The van der Waals surface area contributed by atoms with Gasteiger partial charge < -0.3 is 10.2 Å². The fraction of sp³-hybridized carbons (Fsp3) is 0.600. The van der Waals surface area contributed by atoms with E-state index in [1.54, 1.807) is 0 Å². The van der Waals surface area contributed by atoms with Crippen molar-refractivity contribution < 1.29 is 19.8 Å². The number of hydrogen-bond donors (Lipinski definition) is 4. The van der Waals surface area contributed by atoms with E-state index < -0.39 is 11.9 Å². The number of carboxylic acids is 2. The van der Waals surface area contributed by atoms with E-state index in [2.05, 4.69) is 10.6 Å². The Kier molecular flexibility index (Phi) is 5.05. The largest absolute Gasteiger partial charge is 0.480 e. The molecule has 0 aliphatic carbocycles. The van der Waals surface area contributed by atoms with Crippen molar-refractivity contribution >= 4 is 11.9 Å². The number of aliphatic carboxylic acids is 2. The molecule has 0 aromatic rings. The third kappa shape index (κ3) is 8.86. The Morgan fingerprint density at radius 3 is 1.64 bits per heavy atom. The molecule has 0 fully saturated rings. The molecule has 0 bridgehead atoms. The lowest BCUT2D eigenvalue weighted by molar-refractivity contribution is -0.136. The molecular weight excluding hydrogens is 152 g/mol. The van der Waals surface area contributed by atoms with Crippen LogP contribution in [0.5, 0.6) is 0 Å². The third-order valence-corrected chi connectivity index (χ3v) is 0.802. The standard InChI is InChI=1S/C5H10N2O4/c8-4(9)1-6-3-7-2-5(10)11/h6-7H,1-3H2,(H,8,9)(H,10,11). The second kappa shape index (κ2) is 5.63. The molecule has 0 aromatic carbocycles. The van der Waals surface area contributed by atoms with Crippen molar-refractivity contribution in [3.8, 4) is 0 Å². The lowest BCUT2D eigenvalue weighted by Crippen LogP contribution is -2.35. The number of rotatable bonds is 6. The van der Waals surface area contributed by atoms with Crippen LogP contribution >= 0.6 is 0 Å². The highest BCUT2D eigenvalue weighted by molar-refractivity contribution is 5.69. The summed E-state index contributed by atoms with van der Waals surface area (Å²) >= 11 is 0. The van der Waals surface area contributed by atoms with Crippen LogP contribution in [-0.2, 0) is 9.59 Å². The van der Waals surface area contributed by atoms with Gasteiger partial charge in [0.05, 0.1) is 13.1 Å². The smallest absolute Gasteiger partial charge is 0.317 e. The summed E-state index contributed by atoms with van der Waals surface area (Å²) in [5, 5.41) is 21.2. The van der Waals surface area contributed by atoms with Crippen molar-refractivity contribution in [2.75, 3.05) is 19.8 Å². The first kappa shape index (κ1) is 9.86. The van der Waals surface area contributed by atoms with Crippen LogP contribution in [0.15, 0.2) is 0 Å². The van der Waals surface area contributed by atoms with Gasteiger partial charge in [-0.1, -0.05) is 0 Å². The lowest BCUT2D eigenvalue weighted by atomic mass is 10.6. The van der Waals surface area contributed by atoms with Crippen molar-refractivity contribution in [2.24, 2.45) is 0 Å². The molecule has 4 N–H and O–H groups in total. The van der Waals surface area contributed by atoms with E-state index in [0.717, 1.165) is 0 Å². The zero-order valence-electron chi connectivity index (χ0n) is 5.83. The van der Waals surface area contributed by atoms with Crippen molar-refractivity contribution in [1.29, 1.82) is 0 Å². The Hall–Kier alpha value is -1.14. The zero-order chi connectivity index (χ0) is 8.69. The molecule has 0 heterocycles. The predicted octanol–water partition coefficient (Wildman–Crippen LogP) is -1.71. The summed E-state index contributed by atoms with van der Waals surface area (Å²) in [7, 11) is 0. The van der Waals surface area contributed by atoms with E-state index in [9.17, 15) is 9.59 Å². The Bertz CT molecular complexity index is 131. The summed E-state index contributed by atoms with van der Waals surface area (Å²) in [6.45, 7) is -0.169. The van der Waals surface area contributed by atoms with Gasteiger partial charge in [-0.25, -0.2) is 0 Å². The molecule has 0 atom stereocenters. The summed E-state index contributed by atoms with van der Waals surface area (Å²) in [5.41, 5.74) is 0. The van der Waals surface area contributed by atoms with E-state index in [1.807, 2.05) is 0 Å². The zero-order valence-corrected chi connectivity index (χ0v) is 5.83. The minimum absolute atomic E-state index is 0.174. The number of nitrogens with one attached hydrogen (secondary N) is 2. The first-order valence-corrected chi connectivity index (χ1v) is 2.98. The minimum atomic E-state index is -0.970. The number of hydrogen-bond acceptors (Lipinski definition) is 4. The maximum absolute atomic E-state index is 9.89. The van der Waals surface area contributed by atoms with Crippen LogP contribution in [0.3, 0.4) is 0 Å². The molecule has 0 amide bonds. The second-order valence-electron chi connectivity index (χ2n) is 1.82. The molecule has 0 aliphatic rings. The fourth-order valence-electron chi connectivity index (χ4n) is 0.427. The summed E-state index contributed by atoms with van der Waals surface area (Å²) in [6, 6.07) is 0. The van der Waals surface area contributed by atoms with Gasteiger partial charge in [-0.05, 0) is 0 Å². The van der Waals surface area contributed by atoms with Crippen LogP contribution in [0.2, 0.25) is 0 Å². The van der Waals surface area contributed by atoms with Gasteiger partial charge in [0.15, 0.2) is 0 Å². The highest BCUT2D eigenvalue weighted by Gasteiger charge is 1.95. The fourth-order valence-corrected chi connectivity index (χ4v) is 0.427. The van der Waals surface area contributed by atoms with Crippen LogP contribution in [-0.4, -0.2) is 41.9 Å². The van der Waals surface area contributed by atoms with E-state index in [1.165, 1.54) is 0 Å². The molecule has 0 radical (unpaired) electrons. The van der Waals surface area contributed by atoms with Crippen LogP contribution in [0.25, 0.3) is 0 Å². The van der Waals surface area contributed by atoms with Crippen LogP contribution in [0.1, 0.15) is 0 Å².